The van der Waals surface area contributed by atoms with Crippen LogP contribution in [0, 0.1) is 5.92 Å². The molecule has 6 aromatic rings. The van der Waals surface area contributed by atoms with E-state index in [0.717, 1.165) is 66.7 Å². The number of H-pyrrole nitrogens is 2. The quantitative estimate of drug-likeness (QED) is 0.211. The smallest absolute Gasteiger partial charge is 0.336 e. The normalized spacial score (nSPS) is 17.4. The van der Waals surface area contributed by atoms with Crippen LogP contribution in [-0.2, 0) is 14.9 Å². The zero-order valence-electron chi connectivity index (χ0n) is 24.1. The van der Waals surface area contributed by atoms with Crippen LogP contribution < -0.4 is 0 Å². The van der Waals surface area contributed by atoms with E-state index in [1.165, 1.54) is 0 Å². The van der Waals surface area contributed by atoms with Crippen molar-refractivity contribution in [2.24, 2.45) is 5.92 Å². The van der Waals surface area contributed by atoms with Crippen molar-refractivity contribution in [1.82, 2.24) is 14.9 Å². The Labute approximate surface area is 250 Å². The van der Waals surface area contributed by atoms with E-state index in [4.69, 9.17) is 4.74 Å². The Morgan fingerprint density at radius 3 is 1.70 bits per heavy atom. The highest BCUT2D eigenvalue weighted by Crippen LogP contribution is 2.57. The Kier molecular flexibility index (Phi) is 5.70. The molecule has 0 bridgehead atoms. The number of para-hydroxylation sites is 2. The lowest BCUT2D eigenvalue weighted by Crippen LogP contribution is -2.40. The molecule has 210 valence electrons. The number of hydrogen-bond acceptors (Lipinski definition) is 3. The lowest BCUT2D eigenvalue weighted by molar-refractivity contribution is -0.135. The topological polar surface area (TPSA) is 61.1 Å². The van der Waals surface area contributed by atoms with E-state index in [1.807, 2.05) is 31.1 Å². The SMILES string of the molecule is CN(C)C1=C2C(=O)OCC2C(c2c(-c3ccccc3)[nH]c3ccccc23)(c2c(-c3ccccc3)[nH]c3ccccc23)C=C1. The Morgan fingerprint density at radius 1 is 0.698 bits per heavy atom. The van der Waals surface area contributed by atoms with E-state index >= 15 is 0 Å². The Balaban J connectivity index is 1.58. The average molecular weight is 562 g/mol. The van der Waals surface area contributed by atoms with Gasteiger partial charge in [0.15, 0.2) is 0 Å². The summed E-state index contributed by atoms with van der Waals surface area (Å²) in [5.74, 6) is -0.504. The number of aromatic nitrogens is 2. The number of ether oxygens (including phenoxy) is 1. The van der Waals surface area contributed by atoms with E-state index in [1.54, 1.807) is 0 Å². The number of nitrogens with zero attached hydrogens (tertiary/aromatic N) is 1. The second-order valence-electron chi connectivity index (χ2n) is 11.6. The molecule has 1 unspecified atom stereocenters. The first kappa shape index (κ1) is 25.4. The summed E-state index contributed by atoms with van der Waals surface area (Å²) in [7, 11) is 3.98. The molecule has 4 aromatic carbocycles. The lowest BCUT2D eigenvalue weighted by Gasteiger charge is -2.41. The highest BCUT2D eigenvalue weighted by Gasteiger charge is 2.54. The van der Waals surface area contributed by atoms with Gasteiger partial charge in [-0.25, -0.2) is 4.79 Å². The molecule has 1 aliphatic carbocycles. The number of hydrogen-bond donors (Lipinski definition) is 2. The van der Waals surface area contributed by atoms with Crippen LogP contribution in [0.3, 0.4) is 0 Å². The zero-order valence-corrected chi connectivity index (χ0v) is 24.1. The van der Waals surface area contributed by atoms with Crippen molar-refractivity contribution >= 4 is 27.8 Å². The third-order valence-electron chi connectivity index (χ3n) is 9.13. The summed E-state index contributed by atoms with van der Waals surface area (Å²) >= 11 is 0. The van der Waals surface area contributed by atoms with Gasteiger partial charge in [0.2, 0.25) is 0 Å². The van der Waals surface area contributed by atoms with Crippen molar-refractivity contribution in [3.05, 3.63) is 144 Å². The average Bonchev–Trinajstić information content (AvgIpc) is 3.76. The minimum atomic E-state index is -0.753. The minimum Gasteiger partial charge on any atom is -0.462 e. The molecule has 2 aliphatic rings. The molecular formula is C38H31N3O2. The van der Waals surface area contributed by atoms with Crippen LogP contribution in [0.1, 0.15) is 11.1 Å². The summed E-state index contributed by atoms with van der Waals surface area (Å²) in [5, 5.41) is 2.25. The van der Waals surface area contributed by atoms with E-state index in [9.17, 15) is 4.79 Å². The summed E-state index contributed by atoms with van der Waals surface area (Å²) < 4.78 is 5.96. The highest BCUT2D eigenvalue weighted by atomic mass is 16.5. The summed E-state index contributed by atoms with van der Waals surface area (Å²) in [6.45, 7) is 0.289. The summed E-state index contributed by atoms with van der Waals surface area (Å²) in [5.41, 5.74) is 9.54. The predicted octanol–water partition coefficient (Wildman–Crippen LogP) is 7.83. The molecule has 8 rings (SSSR count). The van der Waals surface area contributed by atoms with Crippen LogP contribution >= 0.6 is 0 Å². The third kappa shape index (κ3) is 3.67. The molecule has 0 amide bonds. The molecule has 2 aromatic heterocycles. The number of allylic oxidation sites excluding steroid dienone is 2. The lowest BCUT2D eigenvalue weighted by atomic mass is 9.59. The summed E-state index contributed by atoms with van der Waals surface area (Å²) in [4.78, 5) is 23.3. The molecule has 0 spiro atoms. The molecule has 5 heteroatoms. The van der Waals surface area contributed by atoms with Gasteiger partial charge >= 0.3 is 5.97 Å². The van der Waals surface area contributed by atoms with Crippen LogP contribution in [-0.4, -0.2) is 41.5 Å². The molecule has 43 heavy (non-hydrogen) atoms. The molecule has 1 fully saturated rings. The second-order valence-corrected chi connectivity index (χ2v) is 11.6. The van der Waals surface area contributed by atoms with Gasteiger partial charge in [-0.05, 0) is 29.3 Å². The van der Waals surface area contributed by atoms with Gasteiger partial charge in [-0.2, -0.15) is 0 Å². The van der Waals surface area contributed by atoms with E-state index < -0.39 is 5.41 Å². The number of cyclic esters (lactones) is 1. The number of benzene rings is 4. The number of aromatic amines is 2. The van der Waals surface area contributed by atoms with Gasteiger partial charge in [0.25, 0.3) is 0 Å². The van der Waals surface area contributed by atoms with Gasteiger partial charge in [0.1, 0.15) is 6.61 Å². The van der Waals surface area contributed by atoms with Crippen molar-refractivity contribution < 1.29 is 9.53 Å². The van der Waals surface area contributed by atoms with Gasteiger partial charge in [0.05, 0.1) is 22.4 Å². The summed E-state index contributed by atoms with van der Waals surface area (Å²) in [6.07, 6.45) is 4.47. The largest absolute Gasteiger partial charge is 0.462 e. The van der Waals surface area contributed by atoms with Crippen LogP contribution in [0.2, 0.25) is 0 Å². The standard InChI is InChI=1S/C38H31N3O2/c1-41(2)31-21-22-38(28-23-43-37(42)32(28)31,33-26-17-9-11-19-29(26)39-35(33)24-13-5-3-6-14-24)34-27-18-10-12-20-30(27)40-36(34)25-15-7-4-8-16-25/h3-22,28,39-40H,23H2,1-2H3. The minimum absolute atomic E-state index is 0.246. The van der Waals surface area contributed by atoms with Gasteiger partial charge in [-0.1, -0.05) is 103 Å². The maximum atomic E-state index is 13.6. The monoisotopic (exact) mass is 561 g/mol. The number of fused-ring (bicyclic) bond motifs is 3. The number of esters is 1. The third-order valence-corrected chi connectivity index (χ3v) is 9.13. The molecule has 2 N–H and O–H groups in total. The van der Waals surface area contributed by atoms with E-state index in [2.05, 4.69) is 119 Å². The molecule has 0 saturated carbocycles. The number of carbonyl (C=O) groups excluding carboxylic acids is 1. The van der Waals surface area contributed by atoms with Crippen LogP contribution in [0.15, 0.2) is 133 Å². The number of rotatable bonds is 5. The summed E-state index contributed by atoms with van der Waals surface area (Å²) in [6, 6.07) is 38.0. The second kappa shape index (κ2) is 9.63. The molecule has 3 heterocycles. The highest BCUT2D eigenvalue weighted by molar-refractivity contribution is 6.01. The maximum absolute atomic E-state index is 13.6. The first-order chi connectivity index (χ1) is 21.1. The Bertz CT molecular complexity index is 1960. The molecule has 0 radical (unpaired) electrons. The fraction of sp³-hybridized carbons (Fsp3) is 0.132. The van der Waals surface area contributed by atoms with Crippen molar-refractivity contribution in [2.45, 2.75) is 5.41 Å². The molecule has 5 nitrogen and oxygen atoms in total. The Morgan fingerprint density at radius 2 is 1.19 bits per heavy atom. The van der Waals surface area contributed by atoms with Gasteiger partial charge in [-0.15, -0.1) is 0 Å². The maximum Gasteiger partial charge on any atom is 0.336 e. The van der Waals surface area contributed by atoms with Gasteiger partial charge in [0, 0.05) is 58.6 Å². The fourth-order valence-corrected chi connectivity index (χ4v) is 7.34. The van der Waals surface area contributed by atoms with E-state index in [-0.39, 0.29) is 18.5 Å². The molecular weight excluding hydrogens is 530 g/mol. The Hall–Kier alpha value is -5.29. The van der Waals surface area contributed by atoms with Crippen LogP contribution in [0.5, 0.6) is 0 Å². The molecule has 1 saturated heterocycles. The first-order valence-corrected chi connectivity index (χ1v) is 14.7. The first-order valence-electron chi connectivity index (χ1n) is 14.7. The van der Waals surface area contributed by atoms with Crippen molar-refractivity contribution in [2.75, 3.05) is 20.7 Å². The molecule has 1 aliphatic heterocycles. The van der Waals surface area contributed by atoms with Crippen molar-refractivity contribution in [1.29, 1.82) is 0 Å². The van der Waals surface area contributed by atoms with Crippen LogP contribution in [0.4, 0.5) is 0 Å². The van der Waals surface area contributed by atoms with E-state index in [0.29, 0.717) is 0 Å². The molecule has 1 atom stereocenters. The van der Waals surface area contributed by atoms with Crippen molar-refractivity contribution in [3.63, 3.8) is 0 Å². The number of nitrogens with one attached hydrogen (secondary N) is 2. The number of carbonyl (C=O) groups is 1. The van der Waals surface area contributed by atoms with Crippen LogP contribution in [0.25, 0.3) is 44.3 Å². The van der Waals surface area contributed by atoms with Gasteiger partial charge in [-0.3, -0.25) is 0 Å². The zero-order chi connectivity index (χ0) is 29.1. The fourth-order valence-electron chi connectivity index (χ4n) is 7.34. The predicted molar refractivity (Wildman–Crippen MR) is 173 cm³/mol. The van der Waals surface area contributed by atoms with Gasteiger partial charge < -0.3 is 19.6 Å². The number of likely N-dealkylation sites (N-methyl/N-ethyl adjacent to an activating group) is 1. The van der Waals surface area contributed by atoms with Crippen molar-refractivity contribution in [3.8, 4) is 22.5 Å².